The highest BCUT2D eigenvalue weighted by molar-refractivity contribution is 5.51. The molecule has 92 valence electrons. The first-order valence-electron chi connectivity index (χ1n) is 6.32. The number of hydrogen-bond acceptors (Lipinski definition) is 2. The first-order chi connectivity index (χ1) is 8.90. The smallest absolute Gasteiger partial charge is 0.156 e. The Balaban J connectivity index is 2.00. The minimum atomic E-state index is 0.0253. The third-order valence-electron chi connectivity index (χ3n) is 3.54. The molecule has 1 heterocycles. The van der Waals surface area contributed by atoms with Gasteiger partial charge in [-0.05, 0) is 24.1 Å². The normalized spacial score (nSPS) is 18.5. The number of anilines is 1. The molecule has 1 atom stereocenters. The van der Waals surface area contributed by atoms with E-state index in [-0.39, 0.29) is 6.23 Å². The molecule has 0 spiro atoms. The molecule has 0 aromatic heterocycles. The lowest BCUT2D eigenvalue weighted by molar-refractivity contribution is 0.0943. The van der Waals surface area contributed by atoms with Crippen LogP contribution in [0.1, 0.15) is 17.4 Å². The van der Waals surface area contributed by atoms with Crippen LogP contribution in [0.15, 0.2) is 54.6 Å². The van der Waals surface area contributed by atoms with Gasteiger partial charge < -0.3 is 9.64 Å². The van der Waals surface area contributed by atoms with Crippen molar-refractivity contribution in [3.05, 3.63) is 65.7 Å². The van der Waals surface area contributed by atoms with Crippen molar-refractivity contribution < 1.29 is 4.74 Å². The number of ether oxygens (including phenoxy) is 1. The van der Waals surface area contributed by atoms with Crippen LogP contribution in [0, 0.1) is 0 Å². The van der Waals surface area contributed by atoms with E-state index in [4.69, 9.17) is 4.74 Å². The molecule has 2 aromatic rings. The van der Waals surface area contributed by atoms with Gasteiger partial charge in [-0.2, -0.15) is 0 Å². The largest absolute Gasteiger partial charge is 0.357 e. The van der Waals surface area contributed by atoms with Crippen LogP contribution in [-0.2, 0) is 11.2 Å². The van der Waals surface area contributed by atoms with E-state index in [0.717, 1.165) is 13.0 Å². The highest BCUT2D eigenvalue weighted by atomic mass is 16.5. The molecule has 2 nitrogen and oxygen atoms in total. The summed E-state index contributed by atoms with van der Waals surface area (Å²) in [4.78, 5) is 2.32. The van der Waals surface area contributed by atoms with Gasteiger partial charge in [-0.15, -0.1) is 0 Å². The van der Waals surface area contributed by atoms with Crippen LogP contribution in [0.4, 0.5) is 5.69 Å². The van der Waals surface area contributed by atoms with Crippen LogP contribution >= 0.6 is 0 Å². The SMILES string of the molecule is COC1c2ccccc2CCN1c1ccccc1. The number of nitrogens with zero attached hydrogens (tertiary/aromatic N) is 1. The van der Waals surface area contributed by atoms with Crippen molar-refractivity contribution in [1.82, 2.24) is 0 Å². The molecule has 18 heavy (non-hydrogen) atoms. The van der Waals surface area contributed by atoms with Crippen molar-refractivity contribution in [3.63, 3.8) is 0 Å². The highest BCUT2D eigenvalue weighted by Gasteiger charge is 2.26. The van der Waals surface area contributed by atoms with Gasteiger partial charge in [0.2, 0.25) is 0 Å². The lowest BCUT2D eigenvalue weighted by Gasteiger charge is -2.37. The van der Waals surface area contributed by atoms with Crippen molar-refractivity contribution in [2.24, 2.45) is 0 Å². The van der Waals surface area contributed by atoms with Gasteiger partial charge >= 0.3 is 0 Å². The topological polar surface area (TPSA) is 12.5 Å². The Bertz CT molecular complexity index is 524. The zero-order valence-electron chi connectivity index (χ0n) is 10.5. The Morgan fingerprint density at radius 3 is 2.50 bits per heavy atom. The molecule has 0 fully saturated rings. The average Bonchev–Trinajstić information content (AvgIpc) is 2.47. The Kier molecular flexibility index (Phi) is 3.03. The molecule has 0 N–H and O–H groups in total. The second-order valence-electron chi connectivity index (χ2n) is 4.57. The molecule has 0 bridgehead atoms. The van der Waals surface area contributed by atoms with E-state index in [1.165, 1.54) is 16.8 Å². The molecule has 0 saturated heterocycles. The maximum absolute atomic E-state index is 5.71. The molecule has 3 rings (SSSR count). The molecular weight excluding hydrogens is 222 g/mol. The van der Waals surface area contributed by atoms with E-state index in [1.807, 2.05) is 6.07 Å². The number of benzene rings is 2. The van der Waals surface area contributed by atoms with Gasteiger partial charge in [-0.25, -0.2) is 0 Å². The molecule has 1 aliphatic heterocycles. The van der Waals surface area contributed by atoms with E-state index in [1.54, 1.807) is 7.11 Å². The molecule has 2 aromatic carbocycles. The molecular formula is C16H17NO. The minimum Gasteiger partial charge on any atom is -0.357 e. The lowest BCUT2D eigenvalue weighted by atomic mass is 9.97. The Morgan fingerprint density at radius 2 is 1.72 bits per heavy atom. The van der Waals surface area contributed by atoms with Gasteiger partial charge in [0.25, 0.3) is 0 Å². The minimum absolute atomic E-state index is 0.0253. The van der Waals surface area contributed by atoms with E-state index >= 15 is 0 Å². The summed E-state index contributed by atoms with van der Waals surface area (Å²) in [7, 11) is 1.78. The maximum atomic E-state index is 5.71. The summed E-state index contributed by atoms with van der Waals surface area (Å²) >= 11 is 0. The van der Waals surface area contributed by atoms with Crippen molar-refractivity contribution in [2.75, 3.05) is 18.6 Å². The molecule has 0 aliphatic carbocycles. The van der Waals surface area contributed by atoms with Crippen molar-refractivity contribution in [2.45, 2.75) is 12.6 Å². The van der Waals surface area contributed by atoms with E-state index in [2.05, 4.69) is 53.4 Å². The molecule has 1 unspecified atom stereocenters. The number of para-hydroxylation sites is 1. The van der Waals surface area contributed by atoms with Crippen molar-refractivity contribution in [1.29, 1.82) is 0 Å². The zero-order valence-corrected chi connectivity index (χ0v) is 10.5. The van der Waals surface area contributed by atoms with Crippen LogP contribution < -0.4 is 4.90 Å². The Morgan fingerprint density at radius 1 is 1.00 bits per heavy atom. The molecule has 1 aliphatic rings. The summed E-state index contributed by atoms with van der Waals surface area (Å²) < 4.78 is 5.71. The molecule has 2 heteroatoms. The fraction of sp³-hybridized carbons (Fsp3) is 0.250. The van der Waals surface area contributed by atoms with Gasteiger partial charge in [-0.1, -0.05) is 42.5 Å². The Labute approximate surface area is 108 Å². The molecule has 0 saturated carbocycles. The highest BCUT2D eigenvalue weighted by Crippen LogP contribution is 2.33. The van der Waals surface area contributed by atoms with Crippen molar-refractivity contribution in [3.8, 4) is 0 Å². The van der Waals surface area contributed by atoms with Crippen LogP contribution in [0.5, 0.6) is 0 Å². The third-order valence-corrected chi connectivity index (χ3v) is 3.54. The van der Waals surface area contributed by atoms with Crippen LogP contribution in [0.25, 0.3) is 0 Å². The monoisotopic (exact) mass is 239 g/mol. The fourth-order valence-corrected chi connectivity index (χ4v) is 2.67. The van der Waals surface area contributed by atoms with E-state index < -0.39 is 0 Å². The summed E-state index contributed by atoms with van der Waals surface area (Å²) in [6, 6.07) is 19.0. The number of fused-ring (bicyclic) bond motifs is 1. The van der Waals surface area contributed by atoms with Crippen molar-refractivity contribution >= 4 is 5.69 Å². The van der Waals surface area contributed by atoms with Crippen LogP contribution in [-0.4, -0.2) is 13.7 Å². The first kappa shape index (κ1) is 11.3. The molecule has 0 amide bonds. The summed E-state index contributed by atoms with van der Waals surface area (Å²) in [6.45, 7) is 1.000. The van der Waals surface area contributed by atoms with Gasteiger partial charge in [0.05, 0.1) is 0 Å². The second kappa shape index (κ2) is 4.83. The summed E-state index contributed by atoms with van der Waals surface area (Å²) in [5.74, 6) is 0. The number of methoxy groups -OCH3 is 1. The predicted octanol–water partition coefficient (Wildman–Crippen LogP) is 3.39. The van der Waals surface area contributed by atoms with Gasteiger partial charge in [0, 0.05) is 24.9 Å². The van der Waals surface area contributed by atoms with Gasteiger partial charge in [0.1, 0.15) is 0 Å². The second-order valence-corrected chi connectivity index (χ2v) is 4.57. The van der Waals surface area contributed by atoms with Gasteiger partial charge in [0.15, 0.2) is 6.23 Å². The summed E-state index contributed by atoms with van der Waals surface area (Å²) in [6.07, 6.45) is 1.10. The number of rotatable bonds is 2. The quantitative estimate of drug-likeness (QED) is 0.796. The average molecular weight is 239 g/mol. The summed E-state index contributed by atoms with van der Waals surface area (Å²) in [5, 5.41) is 0. The predicted molar refractivity (Wildman–Crippen MR) is 73.7 cm³/mol. The van der Waals surface area contributed by atoms with Crippen LogP contribution in [0.3, 0.4) is 0 Å². The zero-order chi connectivity index (χ0) is 12.4. The maximum Gasteiger partial charge on any atom is 0.156 e. The van der Waals surface area contributed by atoms with Crippen LogP contribution in [0.2, 0.25) is 0 Å². The standard InChI is InChI=1S/C16H17NO/c1-18-16-15-10-6-5-7-13(15)11-12-17(16)14-8-3-2-4-9-14/h2-10,16H,11-12H2,1H3. The lowest BCUT2D eigenvalue weighted by Crippen LogP contribution is -2.36. The molecule has 0 radical (unpaired) electrons. The van der Waals surface area contributed by atoms with E-state index in [9.17, 15) is 0 Å². The van der Waals surface area contributed by atoms with E-state index in [0.29, 0.717) is 0 Å². The fourth-order valence-electron chi connectivity index (χ4n) is 2.67. The third kappa shape index (κ3) is 1.89. The van der Waals surface area contributed by atoms with Gasteiger partial charge in [-0.3, -0.25) is 0 Å². The summed E-state index contributed by atoms with van der Waals surface area (Å²) in [5.41, 5.74) is 3.91. The number of hydrogen-bond donors (Lipinski definition) is 0. The Hall–Kier alpha value is -1.80. The first-order valence-corrected chi connectivity index (χ1v) is 6.32.